The van der Waals surface area contributed by atoms with Crippen molar-refractivity contribution in [2.75, 3.05) is 13.2 Å². The van der Waals surface area contributed by atoms with E-state index >= 15 is 0 Å². The summed E-state index contributed by atoms with van der Waals surface area (Å²) < 4.78 is 228. The quantitative estimate of drug-likeness (QED) is 0.0940. The molecule has 0 aromatic heterocycles. The number of rotatable bonds is 11. The van der Waals surface area contributed by atoms with Gasteiger partial charge in [0.05, 0.1) is 0 Å². The van der Waals surface area contributed by atoms with E-state index in [4.69, 9.17) is 0 Å². The SMILES string of the molecule is C=C(C)C(=O)OCCOC(F)=C(F)C(F)(F)C(F)(F)C(F)(F)C(F)(F)C(F)(F)C(F)(F)C(F)(F)F. The molecule has 0 rings (SSSR count). The highest BCUT2D eigenvalue weighted by Crippen LogP contribution is 2.63. The molecule has 20 heteroatoms. The van der Waals surface area contributed by atoms with Gasteiger partial charge in [0.15, 0.2) is 0 Å². The average Bonchev–Trinajstić information content (AvgIpc) is 2.68. The smallest absolute Gasteiger partial charge is 0.460 e. The van der Waals surface area contributed by atoms with E-state index in [0.29, 0.717) is 0 Å². The molecule has 206 valence electrons. The molecule has 0 aliphatic heterocycles. The van der Waals surface area contributed by atoms with Gasteiger partial charge in [-0.15, -0.1) is 0 Å². The Morgan fingerprint density at radius 2 is 0.971 bits per heavy atom. The van der Waals surface area contributed by atoms with Crippen LogP contribution < -0.4 is 0 Å². The molecule has 0 amide bonds. The van der Waals surface area contributed by atoms with Crippen LogP contribution in [0.5, 0.6) is 0 Å². The van der Waals surface area contributed by atoms with Crippen molar-refractivity contribution in [3.05, 3.63) is 24.0 Å². The highest BCUT2D eigenvalue weighted by atomic mass is 19.4. The Balaban J connectivity index is 6.24. The van der Waals surface area contributed by atoms with E-state index in [0.717, 1.165) is 6.92 Å². The van der Waals surface area contributed by atoms with Gasteiger partial charge >= 0.3 is 53.7 Å². The largest absolute Gasteiger partial charge is 0.465 e. The fourth-order valence-corrected chi connectivity index (χ4v) is 1.68. The summed E-state index contributed by atoms with van der Waals surface area (Å²) in [5.41, 5.74) is -0.325. The first-order valence-corrected chi connectivity index (χ1v) is 8.01. The van der Waals surface area contributed by atoms with Crippen molar-refractivity contribution in [1.29, 1.82) is 0 Å². The van der Waals surface area contributed by atoms with Gasteiger partial charge in [-0.1, -0.05) is 6.58 Å². The second-order valence-corrected chi connectivity index (χ2v) is 6.30. The van der Waals surface area contributed by atoms with Crippen LogP contribution in [0.2, 0.25) is 0 Å². The molecule has 0 fully saturated rings. The van der Waals surface area contributed by atoms with Gasteiger partial charge in [0.2, 0.25) is 5.83 Å². The monoisotopic (exact) mass is 560 g/mol. The molecule has 35 heavy (non-hydrogen) atoms. The molecule has 0 aromatic carbocycles. The van der Waals surface area contributed by atoms with Crippen molar-refractivity contribution >= 4 is 5.97 Å². The molecular formula is C15H9F17O3. The molecule has 0 unspecified atom stereocenters. The van der Waals surface area contributed by atoms with E-state index in [1.807, 2.05) is 0 Å². The first-order valence-electron chi connectivity index (χ1n) is 8.01. The summed E-state index contributed by atoms with van der Waals surface area (Å²) in [4.78, 5) is 10.9. The number of esters is 1. The van der Waals surface area contributed by atoms with Crippen LogP contribution in [-0.2, 0) is 14.3 Å². The maximum atomic E-state index is 13.5. The normalized spacial score (nSPS) is 15.5. The fourth-order valence-electron chi connectivity index (χ4n) is 1.68. The van der Waals surface area contributed by atoms with Crippen molar-refractivity contribution < 1.29 is 88.9 Å². The molecule has 0 N–H and O–H groups in total. The maximum absolute atomic E-state index is 13.5. The minimum atomic E-state index is -8.65. The van der Waals surface area contributed by atoms with E-state index in [1.165, 1.54) is 0 Å². The Morgan fingerprint density at radius 3 is 1.34 bits per heavy atom. The molecule has 0 saturated heterocycles. The van der Waals surface area contributed by atoms with Crippen molar-refractivity contribution in [3.63, 3.8) is 0 Å². The molecule has 0 bridgehead atoms. The van der Waals surface area contributed by atoms with Crippen LogP contribution in [0, 0.1) is 0 Å². The van der Waals surface area contributed by atoms with Crippen LogP contribution in [0.4, 0.5) is 74.6 Å². The molecule has 0 atom stereocenters. The third-order valence-electron chi connectivity index (χ3n) is 3.67. The zero-order valence-corrected chi connectivity index (χ0v) is 16.3. The molecule has 0 aromatic rings. The summed E-state index contributed by atoms with van der Waals surface area (Å²) in [6.07, 6.45) is -7.80. The molecule has 0 radical (unpaired) electrons. The van der Waals surface area contributed by atoms with Gasteiger partial charge in [-0.05, 0) is 6.92 Å². The second-order valence-electron chi connectivity index (χ2n) is 6.30. The highest BCUT2D eigenvalue weighted by molar-refractivity contribution is 5.86. The number of carbonyl (C=O) groups is 1. The van der Waals surface area contributed by atoms with Gasteiger partial charge in [-0.3, -0.25) is 0 Å². The van der Waals surface area contributed by atoms with Crippen molar-refractivity contribution in [2.24, 2.45) is 0 Å². The van der Waals surface area contributed by atoms with Gasteiger partial charge in [0.25, 0.3) is 0 Å². The van der Waals surface area contributed by atoms with Gasteiger partial charge < -0.3 is 9.47 Å². The first kappa shape index (κ1) is 32.6. The maximum Gasteiger partial charge on any atom is 0.460 e. The number of allylic oxidation sites excluding steroid dienone is 1. The lowest BCUT2D eigenvalue weighted by atomic mass is 9.91. The Bertz CT molecular complexity index is 840. The van der Waals surface area contributed by atoms with E-state index in [-0.39, 0.29) is 5.57 Å². The first-order chi connectivity index (χ1) is 15.2. The molecule has 0 aliphatic rings. The van der Waals surface area contributed by atoms with E-state index in [1.54, 1.807) is 0 Å². The Morgan fingerprint density at radius 1 is 0.629 bits per heavy atom. The van der Waals surface area contributed by atoms with Crippen molar-refractivity contribution in [2.45, 2.75) is 48.6 Å². The van der Waals surface area contributed by atoms with E-state index < -0.39 is 72.7 Å². The third-order valence-corrected chi connectivity index (χ3v) is 3.67. The van der Waals surface area contributed by atoms with Crippen LogP contribution in [0.15, 0.2) is 24.0 Å². The molecular weight excluding hydrogens is 551 g/mol. The predicted octanol–water partition coefficient (Wildman–Crippen LogP) is 6.60. The summed E-state index contributed by atoms with van der Waals surface area (Å²) >= 11 is 0. The molecule has 0 aliphatic carbocycles. The lowest BCUT2D eigenvalue weighted by molar-refractivity contribution is -0.451. The Kier molecular flexibility index (Phi) is 8.88. The molecule has 3 nitrogen and oxygen atoms in total. The molecule has 0 heterocycles. The summed E-state index contributed by atoms with van der Waals surface area (Å²) in [5.74, 6) is -55.6. The van der Waals surface area contributed by atoms with Gasteiger partial charge in [0.1, 0.15) is 13.2 Å². The molecule has 0 saturated carbocycles. The van der Waals surface area contributed by atoms with Crippen molar-refractivity contribution in [1.82, 2.24) is 0 Å². The standard InChI is InChI=1S/C15H9F17O3/c1-5(2)8(33)35-4-3-34-7(17)6(16)9(18,19)10(20,21)11(22,23)12(24,25)13(26,27)14(28,29)15(30,31)32/h1,3-4H2,2H3. The highest BCUT2D eigenvalue weighted by Gasteiger charge is 2.93. The number of alkyl halides is 15. The zero-order chi connectivity index (χ0) is 28.6. The zero-order valence-electron chi connectivity index (χ0n) is 16.3. The Labute approximate surface area is 182 Å². The summed E-state index contributed by atoms with van der Waals surface area (Å²) in [7, 11) is 0. The third kappa shape index (κ3) is 5.24. The van der Waals surface area contributed by atoms with E-state index in [9.17, 15) is 79.4 Å². The summed E-state index contributed by atoms with van der Waals surface area (Å²) in [6, 6.07) is -3.59. The lowest BCUT2D eigenvalue weighted by Gasteiger charge is -2.41. The van der Waals surface area contributed by atoms with Crippen LogP contribution in [-0.4, -0.2) is 60.9 Å². The lowest BCUT2D eigenvalue weighted by Crippen LogP contribution is -2.72. The fraction of sp³-hybridized carbons (Fsp3) is 0.667. The van der Waals surface area contributed by atoms with Crippen LogP contribution >= 0.6 is 0 Å². The number of halogens is 17. The number of carbonyl (C=O) groups excluding carboxylic acids is 1. The topological polar surface area (TPSA) is 35.5 Å². The Hall–Kier alpha value is -2.44. The van der Waals surface area contributed by atoms with Crippen LogP contribution in [0.3, 0.4) is 0 Å². The number of ether oxygens (including phenoxy) is 2. The average molecular weight is 560 g/mol. The minimum absolute atomic E-state index is 0.325. The minimum Gasteiger partial charge on any atom is -0.465 e. The van der Waals surface area contributed by atoms with E-state index in [2.05, 4.69) is 16.1 Å². The van der Waals surface area contributed by atoms with Crippen molar-refractivity contribution in [3.8, 4) is 0 Å². The van der Waals surface area contributed by atoms with Gasteiger partial charge in [-0.25, -0.2) is 4.79 Å². The van der Waals surface area contributed by atoms with Gasteiger partial charge in [-0.2, -0.15) is 74.6 Å². The summed E-state index contributed by atoms with van der Waals surface area (Å²) in [6.45, 7) is 1.33. The van der Waals surface area contributed by atoms with Crippen LogP contribution in [0.25, 0.3) is 0 Å². The molecule has 0 spiro atoms. The van der Waals surface area contributed by atoms with Gasteiger partial charge in [0, 0.05) is 5.57 Å². The summed E-state index contributed by atoms with van der Waals surface area (Å²) in [5, 5.41) is 0. The van der Waals surface area contributed by atoms with Crippen LogP contribution in [0.1, 0.15) is 6.92 Å². The predicted molar refractivity (Wildman–Crippen MR) is 76.7 cm³/mol. The number of hydrogen-bond donors (Lipinski definition) is 0. The second kappa shape index (κ2) is 9.55. The number of hydrogen-bond acceptors (Lipinski definition) is 3.